The molecule has 0 saturated heterocycles. The van der Waals surface area contributed by atoms with Gasteiger partial charge in [0, 0.05) is 32.2 Å². The predicted octanol–water partition coefficient (Wildman–Crippen LogP) is 3.95. The molecule has 0 aliphatic carbocycles. The molecule has 0 aliphatic heterocycles. The van der Waals surface area contributed by atoms with Gasteiger partial charge in [-0.2, -0.15) is 0 Å². The van der Waals surface area contributed by atoms with E-state index in [9.17, 15) is 24.3 Å². The maximum atomic E-state index is 12.2. The summed E-state index contributed by atoms with van der Waals surface area (Å²) in [7, 11) is 0. The number of aliphatic carboxylic acids is 1. The Labute approximate surface area is 270 Å². The molecular weight excluding hydrogens is 584 g/mol. The number of carboxylic acids is 1. The molecule has 0 spiro atoms. The number of aliphatic hydroxyl groups excluding tert-OH is 1. The molecule has 0 saturated carbocycles. The van der Waals surface area contributed by atoms with E-state index in [0.717, 1.165) is 38.5 Å². The molecule has 1 atom stereocenters. The van der Waals surface area contributed by atoms with Crippen LogP contribution in [0.25, 0.3) is 0 Å². The topological polar surface area (TPSA) is 170 Å². The van der Waals surface area contributed by atoms with Crippen LogP contribution in [0.3, 0.4) is 0 Å². The highest BCUT2D eigenvalue weighted by Gasteiger charge is 2.13. The minimum Gasteiger partial charge on any atom is -0.481 e. The zero-order valence-electron chi connectivity index (χ0n) is 27.8. The fraction of sp³-hybridized carbons (Fsp3) is 0.879. The van der Waals surface area contributed by atoms with Crippen molar-refractivity contribution in [1.82, 2.24) is 10.6 Å². The van der Waals surface area contributed by atoms with Crippen molar-refractivity contribution in [2.75, 3.05) is 66.0 Å². The smallest absolute Gasteiger partial charge is 0.303 e. The molecule has 0 aliphatic rings. The van der Waals surface area contributed by atoms with Crippen molar-refractivity contribution in [3.8, 4) is 0 Å². The number of carboxylic acid groups (broad SMARTS) is 1. The summed E-state index contributed by atoms with van der Waals surface area (Å²) in [6.45, 7) is 5.10. The lowest BCUT2D eigenvalue weighted by Gasteiger charge is -2.16. The highest BCUT2D eigenvalue weighted by Crippen LogP contribution is 2.13. The summed E-state index contributed by atoms with van der Waals surface area (Å²) in [5, 5.41) is 23.8. The van der Waals surface area contributed by atoms with Gasteiger partial charge in [0.15, 0.2) is 0 Å². The number of unbranched alkanes of at least 4 members (excludes halogenated alkanes) is 11. The van der Waals surface area contributed by atoms with Crippen molar-refractivity contribution in [3.05, 3.63) is 0 Å². The normalized spacial score (nSPS) is 11.8. The first kappa shape index (κ1) is 42.9. The molecule has 12 heteroatoms. The molecule has 0 aromatic heterocycles. The van der Waals surface area contributed by atoms with Crippen LogP contribution < -0.4 is 10.6 Å². The Hall–Kier alpha value is -2.12. The van der Waals surface area contributed by atoms with Gasteiger partial charge in [-0.25, -0.2) is 0 Å². The lowest BCUT2D eigenvalue weighted by molar-refractivity contribution is -0.137. The molecule has 12 nitrogen and oxygen atoms in total. The van der Waals surface area contributed by atoms with Crippen LogP contribution >= 0.6 is 0 Å². The van der Waals surface area contributed by atoms with E-state index in [1.807, 2.05) is 0 Å². The number of Topliss-reactive ketones (excluding diaryl/α,β-unsaturated/α-hetero) is 1. The highest BCUT2D eigenvalue weighted by molar-refractivity contribution is 5.77. The molecule has 0 aromatic rings. The molecule has 2 amide bonds. The van der Waals surface area contributed by atoms with Gasteiger partial charge in [0.05, 0.1) is 65.5 Å². The summed E-state index contributed by atoms with van der Waals surface area (Å²) >= 11 is 0. The number of nitrogens with one attached hydrogen (secondary N) is 2. The van der Waals surface area contributed by atoms with Crippen LogP contribution in [0.1, 0.15) is 116 Å². The van der Waals surface area contributed by atoms with E-state index >= 15 is 0 Å². The highest BCUT2D eigenvalue weighted by atomic mass is 16.6. The van der Waals surface area contributed by atoms with Gasteiger partial charge in [0.1, 0.15) is 5.78 Å². The van der Waals surface area contributed by atoms with Crippen molar-refractivity contribution in [2.24, 2.45) is 0 Å². The summed E-state index contributed by atoms with van der Waals surface area (Å²) in [5.74, 6) is -0.840. The van der Waals surface area contributed by atoms with Gasteiger partial charge in [-0.15, -0.1) is 0 Å². The standard InChI is InChI=1S/C33H62N2O10/c1-29(37)18-20-42-22-24-44-26-27-45-25-23-43-21-19-34-31(38)17-16-30(28-36)35-32(39)14-12-10-8-6-4-2-3-5-7-9-11-13-15-33(40)41/h30,36H,2-28H2,1H3,(H,34,38)(H,35,39)(H,40,41). The maximum Gasteiger partial charge on any atom is 0.303 e. The minimum atomic E-state index is -0.706. The van der Waals surface area contributed by atoms with Gasteiger partial charge in [-0.1, -0.05) is 64.2 Å². The molecule has 0 heterocycles. The Morgan fingerprint density at radius 1 is 0.556 bits per heavy atom. The van der Waals surface area contributed by atoms with Gasteiger partial charge in [-0.05, 0) is 26.2 Å². The third-order valence-electron chi connectivity index (χ3n) is 7.13. The van der Waals surface area contributed by atoms with Crippen LogP contribution in [-0.2, 0) is 38.1 Å². The van der Waals surface area contributed by atoms with Crippen molar-refractivity contribution >= 4 is 23.6 Å². The minimum absolute atomic E-state index is 0.0878. The molecule has 1 unspecified atom stereocenters. The second kappa shape index (κ2) is 33.2. The lowest BCUT2D eigenvalue weighted by atomic mass is 10.0. The van der Waals surface area contributed by atoms with E-state index in [4.69, 9.17) is 24.1 Å². The molecule has 0 fully saturated rings. The number of hydrogen-bond donors (Lipinski definition) is 4. The van der Waals surface area contributed by atoms with E-state index in [1.165, 1.54) is 45.4 Å². The first-order chi connectivity index (χ1) is 21.8. The van der Waals surface area contributed by atoms with Crippen LogP contribution in [0.4, 0.5) is 0 Å². The number of hydrogen-bond acceptors (Lipinski definition) is 9. The number of amides is 2. The van der Waals surface area contributed by atoms with Gasteiger partial charge in [0.25, 0.3) is 0 Å². The monoisotopic (exact) mass is 646 g/mol. The molecule has 0 aromatic carbocycles. The fourth-order valence-electron chi connectivity index (χ4n) is 4.47. The molecule has 45 heavy (non-hydrogen) atoms. The number of aliphatic hydroxyl groups is 1. The quantitative estimate of drug-likeness (QED) is 0.0740. The Morgan fingerprint density at radius 3 is 1.47 bits per heavy atom. The van der Waals surface area contributed by atoms with Crippen LogP contribution in [0.2, 0.25) is 0 Å². The third-order valence-corrected chi connectivity index (χ3v) is 7.13. The Balaban J connectivity index is 3.51. The van der Waals surface area contributed by atoms with Crippen LogP contribution in [-0.4, -0.2) is 106 Å². The summed E-state index contributed by atoms with van der Waals surface area (Å²) in [4.78, 5) is 45.6. The lowest BCUT2D eigenvalue weighted by Crippen LogP contribution is -2.38. The van der Waals surface area contributed by atoms with Crippen molar-refractivity contribution in [1.29, 1.82) is 0 Å². The summed E-state index contributed by atoms with van der Waals surface area (Å²) in [6.07, 6.45) is 14.8. The van der Waals surface area contributed by atoms with Gasteiger partial charge < -0.3 is 39.8 Å². The first-order valence-corrected chi connectivity index (χ1v) is 17.0. The van der Waals surface area contributed by atoms with E-state index in [0.29, 0.717) is 78.7 Å². The zero-order valence-corrected chi connectivity index (χ0v) is 27.8. The predicted molar refractivity (Wildman–Crippen MR) is 172 cm³/mol. The summed E-state index contributed by atoms with van der Waals surface area (Å²) < 4.78 is 21.5. The van der Waals surface area contributed by atoms with E-state index in [2.05, 4.69) is 10.6 Å². The van der Waals surface area contributed by atoms with Crippen molar-refractivity contribution in [2.45, 2.75) is 122 Å². The molecule has 0 rings (SSSR count). The van der Waals surface area contributed by atoms with Crippen molar-refractivity contribution in [3.63, 3.8) is 0 Å². The SMILES string of the molecule is CC(=O)CCOCCOCCOCCOCCNC(=O)CCC(CO)NC(=O)CCCCCCCCCCCCCCC(=O)O. The third kappa shape index (κ3) is 34.6. The molecule has 0 bridgehead atoms. The Bertz CT molecular complexity index is 738. The number of ether oxygens (including phenoxy) is 4. The maximum absolute atomic E-state index is 12.2. The van der Waals surface area contributed by atoms with Gasteiger partial charge in [0.2, 0.25) is 11.8 Å². The number of carbonyl (C=O) groups is 4. The van der Waals surface area contributed by atoms with E-state index in [1.54, 1.807) is 0 Å². The Morgan fingerprint density at radius 2 is 1.00 bits per heavy atom. The van der Waals surface area contributed by atoms with Crippen LogP contribution in [0.15, 0.2) is 0 Å². The first-order valence-electron chi connectivity index (χ1n) is 17.0. The van der Waals surface area contributed by atoms with Crippen LogP contribution in [0.5, 0.6) is 0 Å². The average Bonchev–Trinajstić information content (AvgIpc) is 3.00. The largest absolute Gasteiger partial charge is 0.481 e. The van der Waals surface area contributed by atoms with E-state index in [-0.39, 0.29) is 37.0 Å². The van der Waals surface area contributed by atoms with Crippen LogP contribution in [0, 0.1) is 0 Å². The average molecular weight is 647 g/mol. The summed E-state index contributed by atoms with van der Waals surface area (Å²) in [5.41, 5.74) is 0. The molecule has 0 radical (unpaired) electrons. The molecular formula is C33H62N2O10. The Kier molecular flexibility index (Phi) is 31.7. The fourth-order valence-corrected chi connectivity index (χ4v) is 4.47. The molecule has 4 N–H and O–H groups in total. The van der Waals surface area contributed by atoms with Gasteiger partial charge >= 0.3 is 5.97 Å². The molecule has 264 valence electrons. The number of carbonyl (C=O) groups excluding carboxylic acids is 3. The zero-order chi connectivity index (χ0) is 33.2. The number of rotatable bonds is 35. The van der Waals surface area contributed by atoms with E-state index < -0.39 is 12.0 Å². The van der Waals surface area contributed by atoms with Gasteiger partial charge in [-0.3, -0.25) is 19.2 Å². The van der Waals surface area contributed by atoms with Crippen molar-refractivity contribution < 1.29 is 48.3 Å². The summed E-state index contributed by atoms with van der Waals surface area (Å²) in [6, 6.07) is -0.433. The second-order valence-corrected chi connectivity index (χ2v) is 11.4. The second-order valence-electron chi connectivity index (χ2n) is 11.4. The number of ketones is 1.